The van der Waals surface area contributed by atoms with E-state index in [0.29, 0.717) is 27.7 Å². The Kier molecular flexibility index (Phi) is 6.73. The maximum atomic E-state index is 13.8. The molecule has 3 aromatic heterocycles. The fourth-order valence-corrected chi connectivity index (χ4v) is 5.95. The van der Waals surface area contributed by atoms with Gasteiger partial charge in [-0.15, -0.1) is 0 Å². The molecule has 13 heteroatoms. The standard InChI is InChI=1S/C27H23N7O5S/c1-33-22-10-8-18(13-20(22)32-21(27(33)37)12-16-7-9-19(26(28)29)31-14-16)34(15-24(35)36)40(38,39)23-6-2-4-17-5-3-11-30-25(17)23/h2-11,13-14H,12,15H2,1H3,(H3,28,29)(H,35,36). The van der Waals surface area contributed by atoms with Crippen LogP contribution in [0, 0.1) is 5.41 Å². The number of nitrogens with one attached hydrogen (secondary N) is 1. The van der Waals surface area contributed by atoms with Gasteiger partial charge < -0.3 is 15.4 Å². The number of aryl methyl sites for hydroxylation is 1. The van der Waals surface area contributed by atoms with E-state index in [2.05, 4.69) is 15.0 Å². The molecule has 0 spiro atoms. The number of carboxylic acids is 1. The van der Waals surface area contributed by atoms with Crippen LogP contribution in [-0.4, -0.2) is 51.4 Å². The van der Waals surface area contributed by atoms with E-state index in [1.165, 1.54) is 41.2 Å². The first-order valence-electron chi connectivity index (χ1n) is 11.9. The van der Waals surface area contributed by atoms with E-state index in [-0.39, 0.29) is 39.6 Å². The highest BCUT2D eigenvalue weighted by molar-refractivity contribution is 7.93. The number of aliphatic carboxylic acids is 1. The molecule has 0 aliphatic rings. The van der Waals surface area contributed by atoms with Gasteiger partial charge in [-0.05, 0) is 42.0 Å². The summed E-state index contributed by atoms with van der Waals surface area (Å²) in [6.07, 6.45) is 3.09. The van der Waals surface area contributed by atoms with E-state index in [1.807, 2.05) is 0 Å². The molecule has 0 bridgehead atoms. The summed E-state index contributed by atoms with van der Waals surface area (Å²) in [4.78, 5) is 37.5. The highest BCUT2D eigenvalue weighted by Crippen LogP contribution is 2.29. The molecule has 3 heterocycles. The van der Waals surface area contributed by atoms with Crippen LogP contribution >= 0.6 is 0 Å². The third-order valence-electron chi connectivity index (χ3n) is 6.33. The van der Waals surface area contributed by atoms with Crippen molar-refractivity contribution in [2.24, 2.45) is 12.8 Å². The van der Waals surface area contributed by atoms with Crippen molar-refractivity contribution in [1.29, 1.82) is 5.41 Å². The molecule has 0 aliphatic carbocycles. The molecule has 0 saturated heterocycles. The Morgan fingerprint density at radius 3 is 2.58 bits per heavy atom. The quantitative estimate of drug-likeness (QED) is 0.190. The average Bonchev–Trinajstić information content (AvgIpc) is 2.94. The number of nitrogen functional groups attached to an aromatic ring is 1. The van der Waals surface area contributed by atoms with Crippen LogP contribution in [0.5, 0.6) is 0 Å². The lowest BCUT2D eigenvalue weighted by atomic mass is 10.1. The topological polar surface area (TPSA) is 185 Å². The van der Waals surface area contributed by atoms with Crippen LogP contribution in [0.25, 0.3) is 21.9 Å². The second kappa shape index (κ2) is 10.2. The lowest BCUT2D eigenvalue weighted by molar-refractivity contribution is -0.135. The molecule has 12 nitrogen and oxygen atoms in total. The number of hydrogen-bond donors (Lipinski definition) is 3. The first-order valence-corrected chi connectivity index (χ1v) is 13.4. The number of nitrogens with two attached hydrogens (primary N) is 1. The van der Waals surface area contributed by atoms with Crippen LogP contribution in [0.4, 0.5) is 5.69 Å². The third-order valence-corrected chi connectivity index (χ3v) is 8.14. The van der Waals surface area contributed by atoms with Crippen molar-refractivity contribution in [3.63, 3.8) is 0 Å². The first kappa shape index (κ1) is 26.4. The molecule has 5 aromatic rings. The number of carbonyl (C=O) groups is 1. The summed E-state index contributed by atoms with van der Waals surface area (Å²) < 4.78 is 29.9. The van der Waals surface area contributed by atoms with E-state index in [9.17, 15) is 23.1 Å². The number of nitrogens with zero attached hydrogens (tertiary/aromatic N) is 5. The second-order valence-electron chi connectivity index (χ2n) is 8.97. The highest BCUT2D eigenvalue weighted by atomic mass is 32.2. The minimum atomic E-state index is -4.37. The summed E-state index contributed by atoms with van der Waals surface area (Å²) in [5, 5.41) is 17.7. The zero-order valence-corrected chi connectivity index (χ0v) is 22.0. The minimum absolute atomic E-state index is 0.0624. The smallest absolute Gasteiger partial charge is 0.324 e. The van der Waals surface area contributed by atoms with Crippen LogP contribution in [0.3, 0.4) is 0 Å². The summed E-state index contributed by atoms with van der Waals surface area (Å²) in [6, 6.07) is 15.7. The van der Waals surface area contributed by atoms with E-state index in [1.54, 1.807) is 43.4 Å². The summed E-state index contributed by atoms with van der Waals surface area (Å²) in [6.45, 7) is -0.843. The molecule has 0 aliphatic heterocycles. The lowest BCUT2D eigenvalue weighted by Crippen LogP contribution is -2.36. The third kappa shape index (κ3) is 4.85. The zero-order chi connectivity index (χ0) is 28.6. The zero-order valence-electron chi connectivity index (χ0n) is 21.1. The molecule has 0 radical (unpaired) electrons. The predicted molar refractivity (Wildman–Crippen MR) is 149 cm³/mol. The molecule has 202 valence electrons. The van der Waals surface area contributed by atoms with Crippen LogP contribution in [0.1, 0.15) is 17.0 Å². The van der Waals surface area contributed by atoms with Gasteiger partial charge >= 0.3 is 5.97 Å². The van der Waals surface area contributed by atoms with E-state index in [4.69, 9.17) is 11.1 Å². The van der Waals surface area contributed by atoms with Gasteiger partial charge in [0.1, 0.15) is 28.7 Å². The first-order chi connectivity index (χ1) is 19.1. The second-order valence-corrected chi connectivity index (χ2v) is 10.8. The fourth-order valence-electron chi connectivity index (χ4n) is 4.37. The average molecular weight is 558 g/mol. The van der Waals surface area contributed by atoms with Gasteiger partial charge in [-0.25, -0.2) is 13.4 Å². The number of rotatable bonds is 8. The number of aromatic nitrogens is 4. The molecule has 5 rings (SSSR count). The minimum Gasteiger partial charge on any atom is -0.480 e. The Balaban J connectivity index is 1.61. The molecule has 0 atom stereocenters. The summed E-state index contributed by atoms with van der Waals surface area (Å²) >= 11 is 0. The fraction of sp³-hybridized carbons (Fsp3) is 0.111. The number of pyridine rings is 2. The van der Waals surface area contributed by atoms with Crippen LogP contribution in [-0.2, 0) is 28.3 Å². The monoisotopic (exact) mass is 557 g/mol. The Morgan fingerprint density at radius 2 is 1.88 bits per heavy atom. The van der Waals surface area contributed by atoms with Gasteiger partial charge in [0, 0.05) is 31.2 Å². The summed E-state index contributed by atoms with van der Waals surface area (Å²) in [5.41, 5.74) is 7.24. The van der Waals surface area contributed by atoms with Crippen molar-refractivity contribution < 1.29 is 18.3 Å². The number of benzene rings is 2. The number of amidine groups is 1. The molecule has 40 heavy (non-hydrogen) atoms. The van der Waals surface area contributed by atoms with Gasteiger partial charge in [0.2, 0.25) is 0 Å². The lowest BCUT2D eigenvalue weighted by Gasteiger charge is -2.23. The Labute approximate surface area is 227 Å². The molecule has 0 fully saturated rings. The van der Waals surface area contributed by atoms with Crippen molar-refractivity contribution in [2.75, 3.05) is 10.8 Å². The number of para-hydroxylation sites is 1. The molecule has 0 unspecified atom stereocenters. The maximum Gasteiger partial charge on any atom is 0.324 e. The Hall–Kier alpha value is -5.17. The van der Waals surface area contributed by atoms with E-state index >= 15 is 0 Å². The van der Waals surface area contributed by atoms with E-state index < -0.39 is 22.5 Å². The summed E-state index contributed by atoms with van der Waals surface area (Å²) in [5.74, 6) is -1.54. The SMILES string of the molecule is Cn1c(=O)c(Cc2ccc(C(=N)N)nc2)nc2cc(N(CC(=O)O)S(=O)(=O)c3cccc4cccnc34)ccc21. The van der Waals surface area contributed by atoms with Crippen molar-refractivity contribution in [3.8, 4) is 0 Å². The molecule has 4 N–H and O–H groups in total. The van der Waals surface area contributed by atoms with Gasteiger partial charge in [0.05, 0.1) is 22.2 Å². The van der Waals surface area contributed by atoms with Gasteiger partial charge in [-0.1, -0.05) is 24.3 Å². The number of hydrogen-bond acceptors (Lipinski definition) is 8. The number of carboxylic acid groups (broad SMARTS) is 1. The Bertz CT molecular complexity index is 1970. The molecular weight excluding hydrogens is 534 g/mol. The van der Waals surface area contributed by atoms with Crippen LogP contribution in [0.15, 0.2) is 82.7 Å². The van der Waals surface area contributed by atoms with Gasteiger partial charge in [0.15, 0.2) is 0 Å². The predicted octanol–water partition coefficient (Wildman–Crippen LogP) is 2.03. The van der Waals surface area contributed by atoms with Crippen molar-refractivity contribution in [2.45, 2.75) is 11.3 Å². The summed E-state index contributed by atoms with van der Waals surface area (Å²) in [7, 11) is -2.81. The highest BCUT2D eigenvalue weighted by Gasteiger charge is 2.29. The van der Waals surface area contributed by atoms with Crippen LogP contribution in [0.2, 0.25) is 0 Å². The number of fused-ring (bicyclic) bond motifs is 2. The van der Waals surface area contributed by atoms with Gasteiger partial charge in [0.25, 0.3) is 15.6 Å². The molecule has 2 aromatic carbocycles. The van der Waals surface area contributed by atoms with Crippen LogP contribution < -0.4 is 15.6 Å². The van der Waals surface area contributed by atoms with Gasteiger partial charge in [-0.2, -0.15) is 0 Å². The molecular formula is C27H23N7O5S. The molecule has 0 amide bonds. The number of sulfonamides is 1. The maximum absolute atomic E-state index is 13.8. The molecule has 0 saturated carbocycles. The van der Waals surface area contributed by atoms with E-state index in [0.717, 1.165) is 4.31 Å². The van der Waals surface area contributed by atoms with Crippen molar-refractivity contribution >= 4 is 49.5 Å². The van der Waals surface area contributed by atoms with Crippen molar-refractivity contribution in [1.82, 2.24) is 19.5 Å². The largest absolute Gasteiger partial charge is 0.480 e. The number of anilines is 1. The van der Waals surface area contributed by atoms with Crippen molar-refractivity contribution in [3.05, 3.63) is 100 Å². The Morgan fingerprint density at radius 1 is 1.10 bits per heavy atom. The normalized spacial score (nSPS) is 11.5. The van der Waals surface area contributed by atoms with Gasteiger partial charge in [-0.3, -0.25) is 29.3 Å².